The Morgan fingerprint density at radius 1 is 1.00 bits per heavy atom. The summed E-state index contributed by atoms with van der Waals surface area (Å²) in [4.78, 5) is 22.1. The molecule has 0 N–H and O–H groups in total. The lowest BCUT2D eigenvalue weighted by Gasteiger charge is -2.20. The van der Waals surface area contributed by atoms with E-state index in [-0.39, 0.29) is 36.1 Å². The molecule has 0 radical (unpaired) electrons. The second-order valence-electron chi connectivity index (χ2n) is 3.61. The van der Waals surface area contributed by atoms with E-state index in [1.54, 1.807) is 0 Å². The molecule has 0 amide bonds. The van der Waals surface area contributed by atoms with E-state index in [1.165, 1.54) is 0 Å². The first-order valence-electron chi connectivity index (χ1n) is 4.18. The highest BCUT2D eigenvalue weighted by Crippen LogP contribution is 2.49. The number of fused-ring (bicyclic) bond motifs is 2. The molecule has 0 saturated heterocycles. The average molecular weight is 256 g/mol. The fourth-order valence-electron chi connectivity index (χ4n) is 2.44. The van der Waals surface area contributed by atoms with Gasteiger partial charge >= 0.3 is 0 Å². The van der Waals surface area contributed by atoms with E-state index >= 15 is 0 Å². The van der Waals surface area contributed by atoms with Crippen molar-refractivity contribution in [2.75, 3.05) is 0 Å². The summed E-state index contributed by atoms with van der Waals surface area (Å²) in [6.45, 7) is 0. The highest BCUT2D eigenvalue weighted by Gasteiger charge is 2.50. The first-order chi connectivity index (χ1) is 6.11. The molecule has 0 aromatic carbocycles. The Hall–Kier alpha value is -0.0500. The second kappa shape index (κ2) is 4.21. The van der Waals surface area contributed by atoms with Crippen LogP contribution in [0.3, 0.4) is 0 Å². The number of rotatable bonds is 2. The smallest absolute Gasteiger partial charge is 0.226 e. The average Bonchev–Trinajstić information content (AvgIpc) is 2.60. The topological polar surface area (TPSA) is 34.1 Å². The SMILES string of the molecule is Cl.O=C(Cl)C1C2C=CC(C2)C1C(=O)Cl. The van der Waals surface area contributed by atoms with Gasteiger partial charge in [0.2, 0.25) is 10.5 Å². The number of halogens is 3. The van der Waals surface area contributed by atoms with Gasteiger partial charge in [0.15, 0.2) is 0 Å². The van der Waals surface area contributed by atoms with Gasteiger partial charge in [-0.05, 0) is 41.5 Å². The van der Waals surface area contributed by atoms with Crippen LogP contribution in [0.15, 0.2) is 12.2 Å². The molecule has 2 nitrogen and oxygen atoms in total. The van der Waals surface area contributed by atoms with Crippen LogP contribution < -0.4 is 0 Å². The molecule has 0 spiro atoms. The molecule has 4 unspecified atom stereocenters. The number of hydrogen-bond donors (Lipinski definition) is 0. The van der Waals surface area contributed by atoms with Crippen molar-refractivity contribution in [3.63, 3.8) is 0 Å². The van der Waals surface area contributed by atoms with Crippen molar-refractivity contribution >= 4 is 46.1 Å². The maximum absolute atomic E-state index is 11.1. The van der Waals surface area contributed by atoms with Gasteiger partial charge in [-0.25, -0.2) is 0 Å². The van der Waals surface area contributed by atoms with Crippen LogP contribution in [0.2, 0.25) is 0 Å². The van der Waals surface area contributed by atoms with E-state index in [0.29, 0.717) is 0 Å². The summed E-state index contributed by atoms with van der Waals surface area (Å²) in [6, 6.07) is 0. The minimum Gasteiger partial charge on any atom is -0.281 e. The van der Waals surface area contributed by atoms with Crippen molar-refractivity contribution in [2.45, 2.75) is 6.42 Å². The summed E-state index contributed by atoms with van der Waals surface area (Å²) in [6.07, 6.45) is 4.77. The van der Waals surface area contributed by atoms with Crippen molar-refractivity contribution in [1.29, 1.82) is 0 Å². The fraction of sp³-hybridized carbons (Fsp3) is 0.556. The number of allylic oxidation sites excluding steroid dienone is 2. The zero-order chi connectivity index (χ0) is 9.59. The first kappa shape index (κ1) is 12.0. The van der Waals surface area contributed by atoms with E-state index in [1.807, 2.05) is 12.2 Å². The lowest BCUT2D eigenvalue weighted by atomic mass is 9.85. The molecular weight excluding hydrogens is 246 g/mol. The molecule has 4 atom stereocenters. The Bertz CT molecular complexity index is 272. The summed E-state index contributed by atoms with van der Waals surface area (Å²) < 4.78 is 0. The van der Waals surface area contributed by atoms with E-state index in [4.69, 9.17) is 23.2 Å². The van der Waals surface area contributed by atoms with Crippen LogP contribution in [-0.2, 0) is 9.59 Å². The normalized spacial score (nSPS) is 38.1. The van der Waals surface area contributed by atoms with Gasteiger partial charge in [-0.1, -0.05) is 12.2 Å². The third-order valence-corrected chi connectivity index (χ3v) is 3.49. The minimum absolute atomic E-state index is 0. The summed E-state index contributed by atoms with van der Waals surface area (Å²) in [5, 5.41) is -0.869. The van der Waals surface area contributed by atoms with E-state index in [2.05, 4.69) is 0 Å². The van der Waals surface area contributed by atoms with Crippen LogP contribution in [0.4, 0.5) is 0 Å². The Morgan fingerprint density at radius 2 is 1.36 bits per heavy atom. The van der Waals surface area contributed by atoms with Gasteiger partial charge in [0.05, 0.1) is 11.8 Å². The van der Waals surface area contributed by atoms with Crippen molar-refractivity contribution in [2.24, 2.45) is 23.7 Å². The van der Waals surface area contributed by atoms with Gasteiger partial charge in [-0.15, -0.1) is 12.4 Å². The van der Waals surface area contributed by atoms with Crippen LogP contribution in [0.1, 0.15) is 6.42 Å². The van der Waals surface area contributed by atoms with Crippen LogP contribution in [0, 0.1) is 23.7 Å². The minimum atomic E-state index is -0.434. The van der Waals surface area contributed by atoms with Crippen LogP contribution in [-0.4, -0.2) is 10.5 Å². The zero-order valence-corrected chi connectivity index (χ0v) is 9.48. The molecule has 2 bridgehead atoms. The number of carbonyl (C=O) groups excluding carboxylic acids is 2. The van der Waals surface area contributed by atoms with Crippen molar-refractivity contribution < 1.29 is 9.59 Å². The molecule has 0 aromatic rings. The Kier molecular flexibility index (Phi) is 3.62. The van der Waals surface area contributed by atoms with E-state index in [9.17, 15) is 9.59 Å². The Morgan fingerprint density at radius 3 is 1.64 bits per heavy atom. The Labute approximate surface area is 98.0 Å². The van der Waals surface area contributed by atoms with Crippen molar-refractivity contribution in [1.82, 2.24) is 0 Å². The lowest BCUT2D eigenvalue weighted by molar-refractivity contribution is -0.124. The van der Waals surface area contributed by atoms with Crippen molar-refractivity contribution in [3.8, 4) is 0 Å². The van der Waals surface area contributed by atoms with Crippen molar-refractivity contribution in [3.05, 3.63) is 12.2 Å². The fourth-order valence-corrected chi connectivity index (χ4v) is 3.04. The maximum atomic E-state index is 11.1. The largest absolute Gasteiger partial charge is 0.281 e. The summed E-state index contributed by atoms with van der Waals surface area (Å²) in [7, 11) is 0. The highest BCUT2D eigenvalue weighted by atomic mass is 35.5. The standard InChI is InChI=1S/C9H8Cl2O2.ClH/c10-8(12)6-4-1-2-5(3-4)7(6)9(11)13;/h1-2,4-7H,3H2;1H. The predicted octanol–water partition coefficient (Wildman–Crippen LogP) is 2.38. The second-order valence-corrected chi connectivity index (χ2v) is 4.35. The molecule has 1 saturated carbocycles. The quantitative estimate of drug-likeness (QED) is 0.561. The number of hydrogen-bond acceptors (Lipinski definition) is 2. The molecular formula is C9H9Cl3O2. The summed E-state index contributed by atoms with van der Waals surface area (Å²) in [5.74, 6) is -0.520. The Balaban J connectivity index is 0.000000980. The third kappa shape index (κ3) is 1.71. The van der Waals surface area contributed by atoms with Gasteiger partial charge in [-0.3, -0.25) is 9.59 Å². The molecule has 0 aromatic heterocycles. The summed E-state index contributed by atoms with van der Waals surface area (Å²) >= 11 is 10.9. The molecule has 1 fully saturated rings. The zero-order valence-electron chi connectivity index (χ0n) is 7.15. The molecule has 5 heteroatoms. The maximum Gasteiger partial charge on any atom is 0.226 e. The molecule has 2 rings (SSSR count). The van der Waals surface area contributed by atoms with Crippen LogP contribution in [0.5, 0.6) is 0 Å². The predicted molar refractivity (Wildman–Crippen MR) is 56.7 cm³/mol. The molecule has 2 aliphatic rings. The van der Waals surface area contributed by atoms with Gasteiger partial charge in [0.1, 0.15) is 0 Å². The van der Waals surface area contributed by atoms with Crippen LogP contribution in [0.25, 0.3) is 0 Å². The van der Waals surface area contributed by atoms with Gasteiger partial charge < -0.3 is 0 Å². The number of carbonyl (C=O) groups is 2. The molecule has 0 heterocycles. The lowest BCUT2D eigenvalue weighted by Crippen LogP contribution is -2.28. The molecule has 14 heavy (non-hydrogen) atoms. The molecule has 2 aliphatic carbocycles. The summed E-state index contributed by atoms with van der Waals surface area (Å²) in [5.41, 5.74) is 0. The van der Waals surface area contributed by atoms with E-state index in [0.717, 1.165) is 6.42 Å². The first-order valence-corrected chi connectivity index (χ1v) is 4.94. The van der Waals surface area contributed by atoms with Crippen LogP contribution >= 0.6 is 35.6 Å². The van der Waals surface area contributed by atoms with E-state index < -0.39 is 10.5 Å². The molecule has 0 aliphatic heterocycles. The molecule has 78 valence electrons. The third-order valence-electron chi connectivity index (χ3n) is 2.98. The monoisotopic (exact) mass is 254 g/mol. The van der Waals surface area contributed by atoms with Gasteiger partial charge in [0, 0.05) is 0 Å². The van der Waals surface area contributed by atoms with Gasteiger partial charge in [-0.2, -0.15) is 0 Å². The highest BCUT2D eigenvalue weighted by molar-refractivity contribution is 6.66. The van der Waals surface area contributed by atoms with Gasteiger partial charge in [0.25, 0.3) is 0 Å².